The summed E-state index contributed by atoms with van der Waals surface area (Å²) >= 11 is 0. The van der Waals surface area contributed by atoms with Crippen molar-refractivity contribution in [2.45, 2.75) is 78.0 Å². The van der Waals surface area contributed by atoms with Crippen molar-refractivity contribution in [2.24, 2.45) is 5.73 Å². The van der Waals surface area contributed by atoms with Crippen LogP contribution in [0.2, 0.25) is 0 Å². The third-order valence-electron chi connectivity index (χ3n) is 2.51. The van der Waals surface area contributed by atoms with Gasteiger partial charge in [0.25, 0.3) is 0 Å². The summed E-state index contributed by atoms with van der Waals surface area (Å²) in [6, 6.07) is 0. The smallest absolute Gasteiger partial charge is 0.161 e. The Morgan fingerprint density at radius 1 is 0.952 bits per heavy atom. The van der Waals surface area contributed by atoms with Gasteiger partial charge in [-0.25, -0.2) is 0 Å². The van der Waals surface area contributed by atoms with Crippen molar-refractivity contribution in [3.05, 3.63) is 0 Å². The first-order valence-electron chi connectivity index (χ1n) is 7.75. The summed E-state index contributed by atoms with van der Waals surface area (Å²) in [5.74, 6) is 0. The first kappa shape index (κ1) is 20.9. The summed E-state index contributed by atoms with van der Waals surface area (Å²) in [4.78, 5) is 0. The summed E-state index contributed by atoms with van der Waals surface area (Å²) in [7, 11) is 1.82. The molecule has 0 radical (unpaired) electrons. The van der Waals surface area contributed by atoms with Crippen LogP contribution in [-0.2, 0) is 18.9 Å². The van der Waals surface area contributed by atoms with Gasteiger partial charge in [0.15, 0.2) is 7.85 Å². The Hall–Kier alpha value is -0.135. The van der Waals surface area contributed by atoms with E-state index < -0.39 is 11.2 Å². The highest BCUT2D eigenvalue weighted by atomic mass is 16.6. The van der Waals surface area contributed by atoms with Gasteiger partial charge in [-0.15, -0.1) is 0 Å². The monoisotopic (exact) mass is 303 g/mol. The fourth-order valence-electron chi connectivity index (χ4n) is 1.56. The van der Waals surface area contributed by atoms with E-state index in [4.69, 9.17) is 24.7 Å². The lowest BCUT2D eigenvalue weighted by atomic mass is 9.94. The molecule has 0 aliphatic heterocycles. The molecule has 0 heterocycles. The molecule has 0 bridgehead atoms. The molecule has 0 saturated carbocycles. The van der Waals surface area contributed by atoms with Gasteiger partial charge in [0.2, 0.25) is 0 Å². The van der Waals surface area contributed by atoms with Gasteiger partial charge in [0.05, 0.1) is 43.3 Å². The van der Waals surface area contributed by atoms with Crippen molar-refractivity contribution in [3.63, 3.8) is 0 Å². The van der Waals surface area contributed by atoms with Gasteiger partial charge < -0.3 is 24.7 Å². The predicted molar refractivity (Wildman–Crippen MR) is 88.2 cm³/mol. The maximum Gasteiger partial charge on any atom is 0.161 e. The lowest BCUT2D eigenvalue weighted by Crippen LogP contribution is -2.46. The Balaban J connectivity index is 4.45. The number of nitrogens with two attached hydrogens (primary N) is 1. The molecule has 0 spiro atoms. The zero-order valence-corrected chi connectivity index (χ0v) is 15.1. The second-order valence-corrected chi connectivity index (χ2v) is 7.16. The van der Waals surface area contributed by atoms with E-state index in [1.54, 1.807) is 0 Å². The van der Waals surface area contributed by atoms with Gasteiger partial charge in [-0.05, 0) is 48.5 Å². The second-order valence-electron chi connectivity index (χ2n) is 7.16. The van der Waals surface area contributed by atoms with E-state index in [0.717, 1.165) is 0 Å². The van der Waals surface area contributed by atoms with Crippen LogP contribution < -0.4 is 5.73 Å². The molecule has 0 amide bonds. The topological polar surface area (TPSA) is 62.9 Å². The highest BCUT2D eigenvalue weighted by Gasteiger charge is 2.27. The molecule has 0 saturated heterocycles. The fourth-order valence-corrected chi connectivity index (χ4v) is 1.56. The van der Waals surface area contributed by atoms with Crippen LogP contribution in [0.1, 0.15) is 48.5 Å². The molecule has 21 heavy (non-hydrogen) atoms. The van der Waals surface area contributed by atoms with Crippen molar-refractivity contribution in [1.82, 2.24) is 0 Å². The molecule has 126 valence electrons. The molecule has 0 aromatic heterocycles. The van der Waals surface area contributed by atoms with E-state index in [2.05, 4.69) is 0 Å². The molecule has 5 nitrogen and oxygen atoms in total. The van der Waals surface area contributed by atoms with E-state index in [-0.39, 0.29) is 18.3 Å². The molecule has 0 aliphatic rings. The van der Waals surface area contributed by atoms with Gasteiger partial charge in [0.1, 0.15) is 6.10 Å². The van der Waals surface area contributed by atoms with E-state index in [1.807, 2.05) is 56.3 Å². The van der Waals surface area contributed by atoms with E-state index in [9.17, 15) is 0 Å². The molecule has 0 aliphatic carbocycles. The van der Waals surface area contributed by atoms with E-state index >= 15 is 0 Å². The minimum Gasteiger partial charge on any atom is -0.376 e. The zero-order valence-electron chi connectivity index (χ0n) is 15.1. The lowest BCUT2D eigenvalue weighted by molar-refractivity contribution is -0.167. The Morgan fingerprint density at radius 3 is 1.71 bits per heavy atom. The van der Waals surface area contributed by atoms with Gasteiger partial charge in [0, 0.05) is 0 Å². The average molecular weight is 303 g/mol. The molecule has 1 atom stereocenters. The van der Waals surface area contributed by atoms with Crippen molar-refractivity contribution in [3.8, 4) is 0 Å². The normalized spacial score (nSPS) is 16.0. The summed E-state index contributed by atoms with van der Waals surface area (Å²) in [6.07, 6.45) is 0.198. The van der Waals surface area contributed by atoms with Crippen LogP contribution in [0.4, 0.5) is 0 Å². The third-order valence-corrected chi connectivity index (χ3v) is 2.51. The number of hydrogen-bond donors (Lipinski definition) is 1. The Kier molecular flexibility index (Phi) is 9.05. The molecule has 0 rings (SSSR count). The average Bonchev–Trinajstić information content (AvgIpc) is 2.29. The van der Waals surface area contributed by atoms with Gasteiger partial charge in [-0.2, -0.15) is 0 Å². The first-order chi connectivity index (χ1) is 9.41. The molecule has 6 heteroatoms. The van der Waals surface area contributed by atoms with Crippen molar-refractivity contribution < 1.29 is 18.9 Å². The summed E-state index contributed by atoms with van der Waals surface area (Å²) < 4.78 is 23.0. The summed E-state index contributed by atoms with van der Waals surface area (Å²) in [5, 5.41) is 0. The van der Waals surface area contributed by atoms with Gasteiger partial charge in [-0.3, -0.25) is 0 Å². The third kappa shape index (κ3) is 13.3. The minimum atomic E-state index is -0.668. The van der Waals surface area contributed by atoms with Crippen molar-refractivity contribution in [1.29, 1.82) is 0 Å². The van der Waals surface area contributed by atoms with Crippen molar-refractivity contribution in [2.75, 3.05) is 19.8 Å². The zero-order chi connectivity index (χ0) is 16.7. The second kappa shape index (κ2) is 9.11. The molecule has 2 N–H and O–H groups in total. The fraction of sp³-hybridized carbons (Fsp3) is 1.00. The Morgan fingerprint density at radius 2 is 1.38 bits per heavy atom. The maximum absolute atomic E-state index is 6.10. The summed E-state index contributed by atoms with van der Waals surface area (Å²) in [5.41, 5.74) is 4.72. The predicted octanol–water partition coefficient (Wildman–Crippen LogP) is 1.28. The number of rotatable bonds is 11. The molecular formula is C15H34BNO4. The minimum absolute atomic E-state index is 0.130. The van der Waals surface area contributed by atoms with Crippen LogP contribution in [0.25, 0.3) is 0 Å². The summed E-state index contributed by atoms with van der Waals surface area (Å²) in [6.45, 7) is 15.2. The Labute approximate surface area is 131 Å². The standard InChI is InChI=1S/C15H34BNO4/c1-11(2)18-8-13(9-19-12(3)4)21-14(5,6)10-20-15(7,16)17/h11-13H,8-10,16-17H2,1-7H3. The molecule has 0 fully saturated rings. The van der Waals surface area contributed by atoms with Crippen molar-refractivity contribution >= 4 is 7.85 Å². The highest BCUT2D eigenvalue weighted by Crippen LogP contribution is 2.16. The number of hydrogen-bond acceptors (Lipinski definition) is 5. The van der Waals surface area contributed by atoms with Crippen LogP contribution in [0.15, 0.2) is 0 Å². The van der Waals surface area contributed by atoms with E-state index in [0.29, 0.717) is 19.8 Å². The SMILES string of the molecule is BC(C)(N)OCC(C)(C)OC(COC(C)C)COC(C)C. The van der Waals surface area contributed by atoms with Gasteiger partial charge in [-0.1, -0.05) is 0 Å². The highest BCUT2D eigenvalue weighted by molar-refractivity contribution is 6.13. The van der Waals surface area contributed by atoms with Crippen LogP contribution >= 0.6 is 0 Å². The molecule has 0 aromatic carbocycles. The molecule has 0 aromatic rings. The maximum atomic E-state index is 6.10. The van der Waals surface area contributed by atoms with Crippen LogP contribution in [0.3, 0.4) is 0 Å². The number of ether oxygens (including phenoxy) is 4. The lowest BCUT2D eigenvalue weighted by Gasteiger charge is -2.33. The van der Waals surface area contributed by atoms with E-state index in [1.165, 1.54) is 0 Å². The first-order valence-corrected chi connectivity index (χ1v) is 7.75. The Bertz CT molecular complexity index is 265. The quantitative estimate of drug-likeness (QED) is 0.460. The van der Waals surface area contributed by atoms with Crippen LogP contribution in [-0.4, -0.2) is 57.2 Å². The molecular weight excluding hydrogens is 269 g/mol. The largest absolute Gasteiger partial charge is 0.376 e. The van der Waals surface area contributed by atoms with Crippen LogP contribution in [0, 0.1) is 0 Å². The molecule has 1 unspecified atom stereocenters. The van der Waals surface area contributed by atoms with Gasteiger partial charge >= 0.3 is 0 Å². The van der Waals surface area contributed by atoms with Crippen LogP contribution in [0.5, 0.6) is 0 Å².